The van der Waals surface area contributed by atoms with E-state index in [4.69, 9.17) is 4.52 Å². The molecule has 0 bridgehead atoms. The molecule has 1 aliphatic rings. The van der Waals surface area contributed by atoms with Gasteiger partial charge >= 0.3 is 0 Å². The Labute approximate surface area is 102 Å². The van der Waals surface area contributed by atoms with Crippen LogP contribution >= 0.6 is 0 Å². The Hall–Kier alpha value is -1.16. The Morgan fingerprint density at radius 1 is 1.29 bits per heavy atom. The highest BCUT2D eigenvalue weighted by atomic mass is 16.5. The van der Waals surface area contributed by atoms with Crippen LogP contribution in [0.3, 0.4) is 0 Å². The summed E-state index contributed by atoms with van der Waals surface area (Å²) >= 11 is 0. The quantitative estimate of drug-likeness (QED) is 0.484. The molecule has 17 heavy (non-hydrogen) atoms. The average Bonchev–Trinajstić information content (AvgIpc) is 2.64. The summed E-state index contributed by atoms with van der Waals surface area (Å²) in [6.45, 7) is 5.05. The van der Waals surface area contributed by atoms with Gasteiger partial charge in [0.1, 0.15) is 0 Å². The Morgan fingerprint density at radius 3 is 2.76 bits per heavy atom. The van der Waals surface area contributed by atoms with Crippen molar-refractivity contribution in [3.63, 3.8) is 0 Å². The second-order valence-electron chi connectivity index (χ2n) is 4.65. The number of nitrogens with one attached hydrogen (secondary N) is 1. The molecule has 1 aliphatic carbocycles. The third-order valence-corrected chi connectivity index (χ3v) is 3.27. The van der Waals surface area contributed by atoms with Crippen molar-refractivity contribution in [2.75, 3.05) is 6.54 Å². The van der Waals surface area contributed by atoms with E-state index in [1.807, 2.05) is 6.08 Å². The first-order valence-electron chi connectivity index (χ1n) is 6.54. The standard InChI is InChI=1S/C13H21N3O/c1-2-9-14-10-12-15-13(16-17-12)11-7-5-3-4-6-8-11/h2,11,14H,1,3-10H2. The van der Waals surface area contributed by atoms with Crippen molar-refractivity contribution in [1.29, 1.82) is 0 Å². The van der Waals surface area contributed by atoms with Crippen LogP contribution in [0.1, 0.15) is 56.2 Å². The van der Waals surface area contributed by atoms with Gasteiger partial charge in [-0.3, -0.25) is 0 Å². The van der Waals surface area contributed by atoms with Crippen LogP contribution < -0.4 is 5.32 Å². The van der Waals surface area contributed by atoms with Crippen molar-refractivity contribution in [2.24, 2.45) is 0 Å². The van der Waals surface area contributed by atoms with E-state index in [0.29, 0.717) is 18.4 Å². The van der Waals surface area contributed by atoms with E-state index < -0.39 is 0 Å². The normalized spacial score (nSPS) is 17.9. The SMILES string of the molecule is C=CCNCc1nc(C2CCCCCC2)no1. The Balaban J connectivity index is 1.89. The van der Waals surface area contributed by atoms with Crippen LogP contribution in [0.5, 0.6) is 0 Å². The molecular formula is C13H21N3O. The van der Waals surface area contributed by atoms with E-state index in [0.717, 1.165) is 12.4 Å². The molecule has 1 aromatic heterocycles. The van der Waals surface area contributed by atoms with Gasteiger partial charge in [0.15, 0.2) is 5.82 Å². The largest absolute Gasteiger partial charge is 0.338 e. The summed E-state index contributed by atoms with van der Waals surface area (Å²) in [5, 5.41) is 7.27. The first-order chi connectivity index (χ1) is 8.40. The molecule has 94 valence electrons. The molecule has 1 saturated carbocycles. The molecule has 0 atom stereocenters. The van der Waals surface area contributed by atoms with E-state index in [9.17, 15) is 0 Å². The lowest BCUT2D eigenvalue weighted by Crippen LogP contribution is -2.12. The molecule has 0 amide bonds. The van der Waals surface area contributed by atoms with Gasteiger partial charge < -0.3 is 9.84 Å². The number of aromatic nitrogens is 2. The highest BCUT2D eigenvalue weighted by Crippen LogP contribution is 2.29. The van der Waals surface area contributed by atoms with Crippen molar-refractivity contribution < 1.29 is 4.52 Å². The molecule has 0 saturated heterocycles. The average molecular weight is 235 g/mol. The van der Waals surface area contributed by atoms with Crippen molar-refractivity contribution in [1.82, 2.24) is 15.5 Å². The molecule has 1 N–H and O–H groups in total. The van der Waals surface area contributed by atoms with Gasteiger partial charge in [-0.25, -0.2) is 0 Å². The third-order valence-electron chi connectivity index (χ3n) is 3.27. The number of hydrogen-bond acceptors (Lipinski definition) is 4. The van der Waals surface area contributed by atoms with Crippen molar-refractivity contribution >= 4 is 0 Å². The summed E-state index contributed by atoms with van der Waals surface area (Å²) in [4.78, 5) is 4.47. The molecule has 0 unspecified atom stereocenters. The maximum atomic E-state index is 5.25. The molecule has 1 fully saturated rings. The minimum atomic E-state index is 0.509. The monoisotopic (exact) mass is 235 g/mol. The second-order valence-corrected chi connectivity index (χ2v) is 4.65. The van der Waals surface area contributed by atoms with Gasteiger partial charge in [0, 0.05) is 12.5 Å². The summed E-state index contributed by atoms with van der Waals surface area (Å²) in [5.41, 5.74) is 0. The predicted molar refractivity (Wildman–Crippen MR) is 66.6 cm³/mol. The summed E-state index contributed by atoms with van der Waals surface area (Å²) in [5.74, 6) is 2.10. The Kier molecular flexibility index (Phi) is 4.74. The maximum absolute atomic E-state index is 5.25. The van der Waals surface area contributed by atoms with Gasteiger partial charge in [0.2, 0.25) is 5.89 Å². The second kappa shape index (κ2) is 6.55. The summed E-state index contributed by atoms with van der Waals surface area (Å²) in [6, 6.07) is 0. The summed E-state index contributed by atoms with van der Waals surface area (Å²) in [7, 11) is 0. The molecule has 0 aromatic carbocycles. The minimum absolute atomic E-state index is 0.509. The lowest BCUT2D eigenvalue weighted by molar-refractivity contribution is 0.360. The Bertz CT molecular complexity index is 340. The fourth-order valence-electron chi connectivity index (χ4n) is 2.32. The summed E-state index contributed by atoms with van der Waals surface area (Å²) in [6.07, 6.45) is 9.53. The fraction of sp³-hybridized carbons (Fsp3) is 0.692. The predicted octanol–water partition coefficient (Wildman–Crippen LogP) is 2.78. The van der Waals surface area contributed by atoms with Gasteiger partial charge in [-0.05, 0) is 12.8 Å². The van der Waals surface area contributed by atoms with Gasteiger partial charge in [-0.2, -0.15) is 4.98 Å². The maximum Gasteiger partial charge on any atom is 0.240 e. The van der Waals surface area contributed by atoms with Gasteiger partial charge in [-0.1, -0.05) is 36.9 Å². The molecule has 1 heterocycles. The van der Waals surface area contributed by atoms with Crippen LogP contribution in [0.4, 0.5) is 0 Å². The molecule has 4 nitrogen and oxygen atoms in total. The highest BCUT2D eigenvalue weighted by Gasteiger charge is 2.19. The first-order valence-corrected chi connectivity index (χ1v) is 6.54. The smallest absolute Gasteiger partial charge is 0.240 e. The van der Waals surface area contributed by atoms with E-state index >= 15 is 0 Å². The number of nitrogens with zero attached hydrogens (tertiary/aromatic N) is 2. The van der Waals surface area contributed by atoms with Crippen molar-refractivity contribution in [2.45, 2.75) is 51.0 Å². The molecule has 4 heteroatoms. The zero-order valence-corrected chi connectivity index (χ0v) is 10.3. The van der Waals surface area contributed by atoms with Crippen LogP contribution in [0.15, 0.2) is 17.2 Å². The lowest BCUT2D eigenvalue weighted by Gasteiger charge is -2.07. The van der Waals surface area contributed by atoms with E-state index in [1.165, 1.54) is 38.5 Å². The van der Waals surface area contributed by atoms with E-state index in [-0.39, 0.29) is 0 Å². The molecule has 0 aliphatic heterocycles. The van der Waals surface area contributed by atoms with Crippen LogP contribution in [0.2, 0.25) is 0 Å². The van der Waals surface area contributed by atoms with E-state index in [1.54, 1.807) is 0 Å². The fourth-order valence-corrected chi connectivity index (χ4v) is 2.32. The molecule has 0 radical (unpaired) electrons. The zero-order chi connectivity index (χ0) is 11.9. The third kappa shape index (κ3) is 3.66. The van der Waals surface area contributed by atoms with Crippen LogP contribution in [0, 0.1) is 0 Å². The van der Waals surface area contributed by atoms with Crippen molar-refractivity contribution in [3.05, 3.63) is 24.4 Å². The van der Waals surface area contributed by atoms with E-state index in [2.05, 4.69) is 22.0 Å². The highest BCUT2D eigenvalue weighted by molar-refractivity contribution is 4.96. The van der Waals surface area contributed by atoms with Crippen LogP contribution in [-0.4, -0.2) is 16.7 Å². The van der Waals surface area contributed by atoms with Crippen LogP contribution in [0.25, 0.3) is 0 Å². The Morgan fingerprint density at radius 2 is 2.06 bits per heavy atom. The summed E-state index contributed by atoms with van der Waals surface area (Å²) < 4.78 is 5.25. The number of hydrogen-bond donors (Lipinski definition) is 1. The van der Waals surface area contributed by atoms with Crippen LogP contribution in [-0.2, 0) is 6.54 Å². The van der Waals surface area contributed by atoms with Gasteiger partial charge in [0.05, 0.1) is 6.54 Å². The molecule has 2 rings (SSSR count). The first kappa shape index (κ1) is 12.3. The van der Waals surface area contributed by atoms with Gasteiger partial charge in [0.25, 0.3) is 0 Å². The topological polar surface area (TPSA) is 51.0 Å². The minimum Gasteiger partial charge on any atom is -0.338 e. The van der Waals surface area contributed by atoms with Gasteiger partial charge in [-0.15, -0.1) is 6.58 Å². The molecular weight excluding hydrogens is 214 g/mol. The molecule has 0 spiro atoms. The zero-order valence-electron chi connectivity index (χ0n) is 10.3. The lowest BCUT2D eigenvalue weighted by atomic mass is 10.00. The molecule has 1 aromatic rings. The number of rotatable bonds is 5. The van der Waals surface area contributed by atoms with Crippen molar-refractivity contribution in [3.8, 4) is 0 Å².